The Morgan fingerprint density at radius 1 is 1.37 bits per heavy atom. The first-order chi connectivity index (χ1) is 12.8. The van der Waals surface area contributed by atoms with E-state index >= 15 is 0 Å². The molecule has 2 amide bonds. The number of piperidine rings is 1. The molecule has 0 bridgehead atoms. The van der Waals surface area contributed by atoms with E-state index in [0.29, 0.717) is 5.57 Å². The van der Waals surface area contributed by atoms with Gasteiger partial charge in [0.2, 0.25) is 11.8 Å². The molecule has 3 unspecified atom stereocenters. The number of nitrogens with one attached hydrogen (secondary N) is 3. The molecule has 0 radical (unpaired) electrons. The molecular weight excluding hydrogens is 420 g/mol. The minimum atomic E-state index is -0.716. The van der Waals surface area contributed by atoms with E-state index in [1.165, 1.54) is 6.07 Å². The van der Waals surface area contributed by atoms with Crippen molar-refractivity contribution in [1.82, 2.24) is 16.0 Å². The SMILES string of the molecule is CC1=C(CC(=O)N[C@@H](C)c2ccc(F)cc2F)C(=O)NC2CCC(Br)NC12. The van der Waals surface area contributed by atoms with Crippen LogP contribution in [0.2, 0.25) is 0 Å². The van der Waals surface area contributed by atoms with Crippen LogP contribution < -0.4 is 16.0 Å². The van der Waals surface area contributed by atoms with E-state index in [4.69, 9.17) is 0 Å². The highest BCUT2D eigenvalue weighted by atomic mass is 79.9. The molecule has 27 heavy (non-hydrogen) atoms. The predicted molar refractivity (Wildman–Crippen MR) is 101 cm³/mol. The second-order valence-corrected chi connectivity index (χ2v) is 8.17. The molecule has 1 aromatic carbocycles. The summed E-state index contributed by atoms with van der Waals surface area (Å²) in [5.41, 5.74) is 1.47. The lowest BCUT2D eigenvalue weighted by Crippen LogP contribution is -2.59. The Morgan fingerprint density at radius 3 is 2.81 bits per heavy atom. The highest BCUT2D eigenvalue weighted by Crippen LogP contribution is 2.28. The fourth-order valence-corrected chi connectivity index (χ4v) is 4.24. The molecule has 3 N–H and O–H groups in total. The summed E-state index contributed by atoms with van der Waals surface area (Å²) in [7, 11) is 0. The molecule has 0 aromatic heterocycles. The Bertz CT molecular complexity index is 799. The van der Waals surface area contributed by atoms with Crippen molar-refractivity contribution in [3.63, 3.8) is 0 Å². The van der Waals surface area contributed by atoms with Crippen LogP contribution in [0.3, 0.4) is 0 Å². The van der Waals surface area contributed by atoms with Gasteiger partial charge in [-0.3, -0.25) is 14.9 Å². The van der Waals surface area contributed by atoms with E-state index in [1.807, 2.05) is 6.92 Å². The maximum Gasteiger partial charge on any atom is 0.248 e. The summed E-state index contributed by atoms with van der Waals surface area (Å²) in [6, 6.07) is 2.60. The minimum absolute atomic E-state index is 0.0180. The zero-order chi connectivity index (χ0) is 19.7. The molecule has 2 heterocycles. The van der Waals surface area contributed by atoms with Gasteiger partial charge in [-0.2, -0.15) is 0 Å². The summed E-state index contributed by atoms with van der Waals surface area (Å²) >= 11 is 3.55. The fraction of sp³-hybridized carbons (Fsp3) is 0.474. The summed E-state index contributed by atoms with van der Waals surface area (Å²) in [6.07, 6.45) is 1.67. The van der Waals surface area contributed by atoms with E-state index in [2.05, 4.69) is 31.9 Å². The highest BCUT2D eigenvalue weighted by molar-refractivity contribution is 9.09. The van der Waals surface area contributed by atoms with E-state index in [0.717, 1.165) is 30.5 Å². The lowest BCUT2D eigenvalue weighted by atomic mass is 9.85. The fourth-order valence-electron chi connectivity index (χ4n) is 3.69. The molecule has 0 saturated carbocycles. The van der Waals surface area contributed by atoms with Crippen molar-refractivity contribution in [2.75, 3.05) is 0 Å². The quantitative estimate of drug-likeness (QED) is 0.496. The van der Waals surface area contributed by atoms with Crippen LogP contribution in [0.15, 0.2) is 29.3 Å². The molecule has 3 rings (SSSR count). The first kappa shape index (κ1) is 19.9. The number of alkyl halides is 1. The zero-order valence-corrected chi connectivity index (χ0v) is 16.7. The number of halogens is 3. The van der Waals surface area contributed by atoms with Gasteiger partial charge in [0.25, 0.3) is 0 Å². The van der Waals surface area contributed by atoms with Gasteiger partial charge >= 0.3 is 0 Å². The number of fused-ring (bicyclic) bond motifs is 1. The Morgan fingerprint density at radius 2 is 2.11 bits per heavy atom. The largest absolute Gasteiger partial charge is 0.349 e. The normalized spacial score (nSPS) is 26.3. The van der Waals surface area contributed by atoms with Crippen molar-refractivity contribution in [3.05, 3.63) is 46.5 Å². The summed E-state index contributed by atoms with van der Waals surface area (Å²) in [5, 5.41) is 9.04. The Kier molecular flexibility index (Phi) is 5.95. The van der Waals surface area contributed by atoms with E-state index in [-0.39, 0.29) is 40.8 Å². The van der Waals surface area contributed by atoms with Gasteiger partial charge in [0.05, 0.1) is 17.4 Å². The maximum atomic E-state index is 13.9. The summed E-state index contributed by atoms with van der Waals surface area (Å²) in [6.45, 7) is 3.48. The molecule has 2 aliphatic rings. The van der Waals surface area contributed by atoms with Crippen molar-refractivity contribution < 1.29 is 18.4 Å². The topological polar surface area (TPSA) is 70.2 Å². The van der Waals surface area contributed by atoms with Gasteiger partial charge in [0.15, 0.2) is 0 Å². The van der Waals surface area contributed by atoms with Crippen LogP contribution in [0.25, 0.3) is 0 Å². The third-order valence-corrected chi connectivity index (χ3v) is 5.89. The van der Waals surface area contributed by atoms with Gasteiger partial charge in [0.1, 0.15) is 11.6 Å². The summed E-state index contributed by atoms with van der Waals surface area (Å²) in [5.74, 6) is -2.01. The molecule has 4 atom stereocenters. The molecule has 1 saturated heterocycles. The minimum Gasteiger partial charge on any atom is -0.349 e. The average Bonchev–Trinajstić information content (AvgIpc) is 2.59. The maximum absolute atomic E-state index is 13.9. The smallest absolute Gasteiger partial charge is 0.248 e. The Labute approximate surface area is 165 Å². The van der Waals surface area contributed by atoms with Crippen molar-refractivity contribution in [3.8, 4) is 0 Å². The van der Waals surface area contributed by atoms with Crippen molar-refractivity contribution >= 4 is 27.7 Å². The molecule has 0 aliphatic carbocycles. The number of carbonyl (C=O) groups excluding carboxylic acids is 2. The second-order valence-electron chi connectivity index (χ2n) is 7.06. The van der Waals surface area contributed by atoms with Crippen LogP contribution in [0.5, 0.6) is 0 Å². The van der Waals surface area contributed by atoms with E-state index in [1.54, 1.807) is 6.92 Å². The third-order valence-electron chi connectivity index (χ3n) is 5.17. The third kappa shape index (κ3) is 4.38. The molecule has 8 heteroatoms. The van der Waals surface area contributed by atoms with Gasteiger partial charge in [-0.25, -0.2) is 8.78 Å². The standard InChI is InChI=1S/C19H22BrF2N3O2/c1-9-13(19(27)24-15-5-6-16(20)25-18(9)15)8-17(26)23-10(2)12-4-3-11(21)7-14(12)22/h3-4,7,10,15-16,18,25H,5-6,8H2,1-2H3,(H,23,26)(H,24,27)/t10-,15?,16?,18?/m0/s1. The molecule has 146 valence electrons. The first-order valence-electron chi connectivity index (χ1n) is 8.91. The second kappa shape index (κ2) is 8.06. The van der Waals surface area contributed by atoms with Gasteiger partial charge in [-0.1, -0.05) is 22.0 Å². The van der Waals surface area contributed by atoms with Crippen molar-refractivity contribution in [2.24, 2.45) is 0 Å². The molecule has 5 nitrogen and oxygen atoms in total. The number of hydrogen-bond donors (Lipinski definition) is 3. The van der Waals surface area contributed by atoms with Crippen LogP contribution in [0, 0.1) is 11.6 Å². The lowest BCUT2D eigenvalue weighted by molar-refractivity contribution is -0.124. The molecule has 1 aromatic rings. The van der Waals surface area contributed by atoms with Gasteiger partial charge in [-0.15, -0.1) is 0 Å². The monoisotopic (exact) mass is 441 g/mol. The molecule has 1 fully saturated rings. The van der Waals surface area contributed by atoms with Crippen LogP contribution in [-0.4, -0.2) is 28.8 Å². The van der Waals surface area contributed by atoms with Crippen LogP contribution in [-0.2, 0) is 9.59 Å². The Balaban J connectivity index is 1.70. The van der Waals surface area contributed by atoms with Crippen molar-refractivity contribution in [1.29, 1.82) is 0 Å². The summed E-state index contributed by atoms with van der Waals surface area (Å²) in [4.78, 5) is 25.0. The van der Waals surface area contributed by atoms with Crippen LogP contribution >= 0.6 is 15.9 Å². The number of carbonyl (C=O) groups is 2. The lowest BCUT2D eigenvalue weighted by Gasteiger charge is -2.40. The summed E-state index contributed by atoms with van der Waals surface area (Å²) < 4.78 is 26.9. The average molecular weight is 442 g/mol. The number of benzene rings is 1. The van der Waals surface area contributed by atoms with Gasteiger partial charge < -0.3 is 10.6 Å². The van der Waals surface area contributed by atoms with Crippen molar-refractivity contribution in [2.45, 2.75) is 56.2 Å². The van der Waals surface area contributed by atoms with Gasteiger partial charge in [0, 0.05) is 29.3 Å². The zero-order valence-electron chi connectivity index (χ0n) is 15.1. The first-order valence-corrected chi connectivity index (χ1v) is 9.82. The van der Waals surface area contributed by atoms with Crippen LogP contribution in [0.4, 0.5) is 8.78 Å². The number of amides is 2. The Hall–Kier alpha value is -1.80. The number of hydrogen-bond acceptors (Lipinski definition) is 3. The highest BCUT2D eigenvalue weighted by Gasteiger charge is 2.37. The molecule has 0 spiro atoms. The van der Waals surface area contributed by atoms with E-state index in [9.17, 15) is 18.4 Å². The van der Waals surface area contributed by atoms with Gasteiger partial charge in [-0.05, 0) is 38.3 Å². The predicted octanol–water partition coefficient (Wildman–Crippen LogP) is 2.82. The van der Waals surface area contributed by atoms with E-state index < -0.39 is 17.7 Å². The van der Waals surface area contributed by atoms with Crippen LogP contribution in [0.1, 0.15) is 44.7 Å². The number of rotatable bonds is 4. The molecule has 2 aliphatic heterocycles. The molecular formula is C19H22BrF2N3O2.